The van der Waals surface area contributed by atoms with Crippen LogP contribution < -0.4 is 0 Å². The van der Waals surface area contributed by atoms with E-state index in [9.17, 15) is 0 Å². The van der Waals surface area contributed by atoms with Gasteiger partial charge in [0.2, 0.25) is 6.57 Å². The van der Waals surface area contributed by atoms with Gasteiger partial charge in [-0.05, 0) is 8.73 Å². The second-order valence-electron chi connectivity index (χ2n) is 0.315. The summed E-state index contributed by atoms with van der Waals surface area (Å²) in [4.78, 5) is 0. The predicted molar refractivity (Wildman–Crippen MR) is 21.1 cm³/mol. The normalized spacial score (nSPS) is 8.00. The summed E-state index contributed by atoms with van der Waals surface area (Å²) < 4.78 is 3.21. The van der Waals surface area contributed by atoms with E-state index in [4.69, 9.17) is 0 Å². The first-order valence-electron chi connectivity index (χ1n) is 0.905. The Morgan fingerprint density at radius 1 is 2.00 bits per heavy atom. The molecule has 0 radical (unpaired) electrons. The monoisotopic (exact) mass is 73.0 g/mol. The molecule has 2 heteroatoms. The van der Waals surface area contributed by atoms with E-state index in [0.717, 1.165) is 8.73 Å². The summed E-state index contributed by atoms with van der Waals surface area (Å²) in [7, 11) is 0.901. The number of hydrogen-bond donors (Lipinski definition) is 0. The van der Waals surface area contributed by atoms with Gasteiger partial charge in [-0.25, -0.2) is 0 Å². The predicted octanol–water partition coefficient (Wildman–Crippen LogP) is 1.44. The maximum atomic E-state index is 4.64. The van der Waals surface area contributed by atoms with Crippen LogP contribution in [0.1, 0.15) is 0 Å². The Labute approximate surface area is 27.7 Å². The minimum absolute atomic E-state index is 0.901. The van der Waals surface area contributed by atoms with Crippen LogP contribution in [0.25, 0.3) is 4.62 Å². The van der Waals surface area contributed by atoms with Gasteiger partial charge < -0.3 is 0 Å². The lowest BCUT2D eigenvalue weighted by Crippen LogP contribution is -1.12. The lowest BCUT2D eigenvalue weighted by atomic mass is 11.9. The zero-order chi connectivity index (χ0) is 3.41. The van der Waals surface area contributed by atoms with Crippen molar-refractivity contribution in [1.29, 1.82) is 0 Å². The largest absolute Gasteiger partial charge is 0.273 e. The molecule has 0 aromatic heterocycles. The van der Waals surface area contributed by atoms with Gasteiger partial charge in [0.1, 0.15) is 0 Å². The molecule has 0 spiro atoms. The van der Waals surface area contributed by atoms with Crippen LogP contribution in [0.4, 0.5) is 0 Å². The first-order chi connectivity index (χ1) is 1.91. The van der Waals surface area contributed by atoms with E-state index in [2.05, 4.69) is 11.2 Å². The van der Waals surface area contributed by atoms with Crippen LogP contribution >= 0.6 is 8.73 Å². The highest BCUT2D eigenvalue weighted by Crippen LogP contribution is 1.98. The zero-order valence-corrected chi connectivity index (χ0v) is 3.37. The fraction of sp³-hybridized carbons (Fsp3) is 0.500. The van der Waals surface area contributed by atoms with Crippen molar-refractivity contribution in [2.45, 2.75) is 0 Å². The van der Waals surface area contributed by atoms with E-state index in [1.165, 1.54) is 0 Å². The van der Waals surface area contributed by atoms with Gasteiger partial charge in [-0.15, -0.1) is 6.66 Å². The SMILES string of the molecule is C#[N+][P-]C. The minimum Gasteiger partial charge on any atom is -0.273 e. The molecule has 0 saturated carbocycles. The summed E-state index contributed by atoms with van der Waals surface area (Å²) in [6.45, 7) is 6.50. The first kappa shape index (κ1) is 3.92. The Balaban J connectivity index is 2.43. The molecular formula is C2H4NP. The van der Waals surface area contributed by atoms with Gasteiger partial charge in [0.05, 0.1) is 0 Å². The van der Waals surface area contributed by atoms with Crippen molar-refractivity contribution in [2.24, 2.45) is 0 Å². The third-order valence-electron chi connectivity index (χ3n) is 0.115. The molecule has 0 saturated heterocycles. The van der Waals surface area contributed by atoms with Crippen molar-refractivity contribution < 1.29 is 0 Å². The van der Waals surface area contributed by atoms with Crippen molar-refractivity contribution in [3.05, 3.63) is 4.62 Å². The first-order valence-corrected chi connectivity index (χ1v) is 2.20. The van der Waals surface area contributed by atoms with Crippen molar-refractivity contribution in [3.63, 3.8) is 0 Å². The molecule has 0 aliphatic carbocycles. The van der Waals surface area contributed by atoms with E-state index in [0.29, 0.717) is 0 Å². The average Bonchev–Trinajstić information content (AvgIpc) is 1.37. The Morgan fingerprint density at radius 3 is 2.25 bits per heavy atom. The maximum absolute atomic E-state index is 4.64. The van der Waals surface area contributed by atoms with Crippen LogP contribution in [-0.2, 0) is 0 Å². The fourth-order valence-electron chi connectivity index (χ4n) is 0. The van der Waals surface area contributed by atoms with E-state index in [1.54, 1.807) is 0 Å². The fourth-order valence-corrected chi connectivity index (χ4v) is 0. The van der Waals surface area contributed by atoms with Gasteiger partial charge in [0.15, 0.2) is 0 Å². The third-order valence-corrected chi connectivity index (χ3v) is 0.346. The molecule has 0 aromatic rings. The summed E-state index contributed by atoms with van der Waals surface area (Å²) in [5, 5.41) is 0. The molecule has 0 N–H and O–H groups in total. The van der Waals surface area contributed by atoms with Crippen LogP contribution in [0.15, 0.2) is 0 Å². The van der Waals surface area contributed by atoms with E-state index >= 15 is 0 Å². The summed E-state index contributed by atoms with van der Waals surface area (Å²) in [5.74, 6) is 0. The molecule has 0 fully saturated rings. The van der Waals surface area contributed by atoms with E-state index < -0.39 is 0 Å². The number of nitrogens with zero attached hydrogens (tertiary/aromatic N) is 1. The Hall–Kier alpha value is -0.0800. The molecular weight excluding hydrogens is 69.0 g/mol. The summed E-state index contributed by atoms with van der Waals surface area (Å²) in [6.07, 6.45) is 0. The zero-order valence-electron chi connectivity index (χ0n) is 2.47. The van der Waals surface area contributed by atoms with Gasteiger partial charge in [0.25, 0.3) is 0 Å². The van der Waals surface area contributed by atoms with Crippen LogP contribution in [0, 0.1) is 6.57 Å². The second-order valence-corrected chi connectivity index (χ2v) is 0.946. The standard InChI is InChI=1S/C2H4NP/c1-3-4-2/h1H,2H3. The second kappa shape index (κ2) is 2.92. The van der Waals surface area contributed by atoms with Gasteiger partial charge in [-0.2, -0.15) is 0 Å². The average molecular weight is 73.0 g/mol. The van der Waals surface area contributed by atoms with Crippen LogP contribution in [0.5, 0.6) is 0 Å². The molecule has 0 bridgehead atoms. The molecule has 0 rings (SSSR count). The Morgan fingerprint density at radius 2 is 2.25 bits per heavy atom. The molecule has 0 aliphatic heterocycles. The number of hydrogen-bond acceptors (Lipinski definition) is 0. The van der Waals surface area contributed by atoms with Crippen LogP contribution in [-0.4, -0.2) is 6.66 Å². The van der Waals surface area contributed by atoms with Gasteiger partial charge in [-0.1, -0.05) is 0 Å². The van der Waals surface area contributed by atoms with Crippen molar-refractivity contribution in [2.75, 3.05) is 6.66 Å². The highest BCUT2D eigenvalue weighted by Gasteiger charge is 1.38. The lowest BCUT2D eigenvalue weighted by molar-refractivity contribution is 2.43. The highest BCUT2D eigenvalue weighted by molar-refractivity contribution is 7.39. The molecule has 0 unspecified atom stereocenters. The summed E-state index contributed by atoms with van der Waals surface area (Å²) in [6, 6.07) is 0. The topological polar surface area (TPSA) is 4.36 Å². The number of rotatable bonds is 0. The third kappa shape index (κ3) is 1.92. The van der Waals surface area contributed by atoms with Crippen molar-refractivity contribution in [1.82, 2.24) is 0 Å². The van der Waals surface area contributed by atoms with Crippen LogP contribution in [0.2, 0.25) is 0 Å². The molecule has 0 aromatic carbocycles. The highest BCUT2D eigenvalue weighted by atomic mass is 31.1. The van der Waals surface area contributed by atoms with E-state index in [1.807, 2.05) is 6.66 Å². The summed E-state index contributed by atoms with van der Waals surface area (Å²) >= 11 is 0. The summed E-state index contributed by atoms with van der Waals surface area (Å²) in [5.41, 5.74) is 0. The molecule has 0 amide bonds. The molecule has 4 heavy (non-hydrogen) atoms. The molecule has 0 atom stereocenters. The molecule has 0 aliphatic rings. The molecule has 22 valence electrons. The molecule has 0 heterocycles. The maximum Gasteiger partial charge on any atom is 0.209 e. The van der Waals surface area contributed by atoms with Gasteiger partial charge >= 0.3 is 0 Å². The minimum atomic E-state index is 0.901. The van der Waals surface area contributed by atoms with Crippen molar-refractivity contribution in [3.8, 4) is 6.57 Å². The van der Waals surface area contributed by atoms with Crippen LogP contribution in [0.3, 0.4) is 0 Å². The lowest BCUT2D eigenvalue weighted by Gasteiger charge is -1.59. The Bertz CT molecular complexity index is 35.8. The quantitative estimate of drug-likeness (QED) is 0.382. The van der Waals surface area contributed by atoms with E-state index in [-0.39, 0.29) is 0 Å². The van der Waals surface area contributed by atoms with Crippen molar-refractivity contribution >= 4 is 8.73 Å². The smallest absolute Gasteiger partial charge is 0.209 e. The van der Waals surface area contributed by atoms with Gasteiger partial charge in [-0.3, -0.25) is 4.62 Å². The van der Waals surface area contributed by atoms with Gasteiger partial charge in [0, 0.05) is 0 Å². The molecule has 1 nitrogen and oxygen atoms in total. The Kier molecular flexibility index (Phi) is 2.86.